The van der Waals surface area contributed by atoms with Crippen LogP contribution in [0.2, 0.25) is 10.0 Å². The largest absolute Gasteiger partial charge is 0.435 e. The number of alkyl halides is 3. The third kappa shape index (κ3) is 4.55. The molecule has 0 saturated carbocycles. The molecule has 1 aliphatic heterocycles. The SMILES string of the molecule is CCC(=O)NNC1=C(Cl)C=CC(C2=NOC(c3cc(Cl)cc(Cl)c3)(C(F)(F)F)C2)C1. The topological polar surface area (TPSA) is 62.7 Å². The van der Waals surface area contributed by atoms with Crippen molar-refractivity contribution in [3.8, 4) is 0 Å². The Balaban J connectivity index is 1.83. The van der Waals surface area contributed by atoms with Crippen molar-refractivity contribution >= 4 is 46.4 Å². The minimum Gasteiger partial charge on any atom is -0.374 e. The van der Waals surface area contributed by atoms with Crippen molar-refractivity contribution in [2.45, 2.75) is 38.0 Å². The third-order valence-electron chi connectivity index (χ3n) is 4.82. The lowest BCUT2D eigenvalue weighted by Gasteiger charge is -2.30. The molecule has 2 unspecified atom stereocenters. The number of rotatable bonds is 5. The van der Waals surface area contributed by atoms with Gasteiger partial charge in [-0.2, -0.15) is 13.2 Å². The first-order chi connectivity index (χ1) is 14.1. The van der Waals surface area contributed by atoms with E-state index in [9.17, 15) is 18.0 Å². The predicted octanol–water partition coefficient (Wildman–Crippen LogP) is 5.58. The number of halogens is 6. The van der Waals surface area contributed by atoms with Crippen LogP contribution in [0.25, 0.3) is 0 Å². The summed E-state index contributed by atoms with van der Waals surface area (Å²) in [4.78, 5) is 16.5. The number of allylic oxidation sites excluding steroid dienone is 4. The number of oxime groups is 1. The van der Waals surface area contributed by atoms with Gasteiger partial charge in [0, 0.05) is 40.8 Å². The first-order valence-electron chi connectivity index (χ1n) is 8.95. The molecule has 0 aromatic heterocycles. The summed E-state index contributed by atoms with van der Waals surface area (Å²) in [5.74, 6) is -0.763. The zero-order valence-corrected chi connectivity index (χ0v) is 17.9. The van der Waals surface area contributed by atoms with E-state index in [1.165, 1.54) is 18.2 Å². The monoisotopic (exact) mass is 481 g/mol. The van der Waals surface area contributed by atoms with Gasteiger partial charge in [0.2, 0.25) is 5.91 Å². The normalized spacial score (nSPS) is 23.8. The number of carbonyl (C=O) groups excluding carboxylic acids is 1. The molecule has 3 rings (SSSR count). The van der Waals surface area contributed by atoms with Crippen molar-refractivity contribution in [2.24, 2.45) is 11.1 Å². The molecular formula is C19H17Cl3F3N3O2. The number of nitrogens with zero attached hydrogens (tertiary/aromatic N) is 1. The molecule has 2 atom stereocenters. The molecule has 2 aliphatic rings. The van der Waals surface area contributed by atoms with Crippen LogP contribution in [0.15, 0.2) is 46.2 Å². The van der Waals surface area contributed by atoms with Gasteiger partial charge in [0.05, 0.1) is 16.4 Å². The minimum atomic E-state index is -4.77. The molecule has 1 aromatic carbocycles. The van der Waals surface area contributed by atoms with Crippen LogP contribution in [-0.4, -0.2) is 17.8 Å². The van der Waals surface area contributed by atoms with Crippen LogP contribution in [0.5, 0.6) is 0 Å². The molecule has 1 amide bonds. The highest BCUT2D eigenvalue weighted by Gasteiger charge is 2.62. The Labute approximate surface area is 185 Å². The van der Waals surface area contributed by atoms with E-state index in [-0.39, 0.29) is 40.1 Å². The quantitative estimate of drug-likeness (QED) is 0.538. The lowest BCUT2D eigenvalue weighted by molar-refractivity contribution is -0.275. The third-order valence-corrected chi connectivity index (χ3v) is 5.62. The first-order valence-corrected chi connectivity index (χ1v) is 10.1. The number of carbonyl (C=O) groups is 1. The average molecular weight is 483 g/mol. The summed E-state index contributed by atoms with van der Waals surface area (Å²) in [6, 6.07) is 3.67. The fraction of sp³-hybridized carbons (Fsp3) is 0.368. The maximum atomic E-state index is 14.1. The Bertz CT molecular complexity index is 926. The molecule has 1 aromatic rings. The Kier molecular flexibility index (Phi) is 6.60. The smallest absolute Gasteiger partial charge is 0.374 e. The summed E-state index contributed by atoms with van der Waals surface area (Å²) in [7, 11) is 0. The van der Waals surface area contributed by atoms with Crippen LogP contribution in [0, 0.1) is 5.92 Å². The molecule has 1 heterocycles. The van der Waals surface area contributed by atoms with Crippen LogP contribution in [0.1, 0.15) is 31.7 Å². The maximum Gasteiger partial charge on any atom is 0.435 e. The van der Waals surface area contributed by atoms with Gasteiger partial charge >= 0.3 is 6.18 Å². The molecule has 0 bridgehead atoms. The second-order valence-electron chi connectivity index (χ2n) is 6.86. The van der Waals surface area contributed by atoms with Gasteiger partial charge in [0.25, 0.3) is 5.60 Å². The van der Waals surface area contributed by atoms with Gasteiger partial charge in [-0.15, -0.1) is 0 Å². The Morgan fingerprint density at radius 3 is 2.53 bits per heavy atom. The summed E-state index contributed by atoms with van der Waals surface area (Å²) in [6.07, 6.45) is -1.64. The van der Waals surface area contributed by atoms with Gasteiger partial charge in [-0.3, -0.25) is 10.2 Å². The summed E-state index contributed by atoms with van der Waals surface area (Å²) in [6.45, 7) is 1.68. The fourth-order valence-corrected chi connectivity index (χ4v) is 3.90. The van der Waals surface area contributed by atoms with E-state index in [0.29, 0.717) is 10.7 Å². The van der Waals surface area contributed by atoms with Crippen molar-refractivity contribution in [2.75, 3.05) is 0 Å². The van der Waals surface area contributed by atoms with Crippen molar-refractivity contribution in [3.05, 3.63) is 56.7 Å². The van der Waals surface area contributed by atoms with Crippen LogP contribution in [0.4, 0.5) is 13.2 Å². The van der Waals surface area contributed by atoms with E-state index in [1.54, 1.807) is 19.1 Å². The van der Waals surface area contributed by atoms with Gasteiger partial charge in [0.15, 0.2) is 0 Å². The number of benzene rings is 1. The Morgan fingerprint density at radius 1 is 1.27 bits per heavy atom. The number of hydrogen-bond donors (Lipinski definition) is 2. The molecule has 162 valence electrons. The minimum absolute atomic E-state index is 0.0589. The highest BCUT2D eigenvalue weighted by Crippen LogP contribution is 2.50. The predicted molar refractivity (Wildman–Crippen MR) is 109 cm³/mol. The van der Waals surface area contributed by atoms with Crippen LogP contribution in [0.3, 0.4) is 0 Å². The maximum absolute atomic E-state index is 14.1. The Hall–Kier alpha value is -1.90. The molecule has 1 aliphatic carbocycles. The van der Waals surface area contributed by atoms with Crippen molar-refractivity contribution in [3.63, 3.8) is 0 Å². The van der Waals surface area contributed by atoms with E-state index in [0.717, 1.165) is 0 Å². The number of hydrogen-bond acceptors (Lipinski definition) is 4. The van der Waals surface area contributed by atoms with Gasteiger partial charge < -0.3 is 10.3 Å². The van der Waals surface area contributed by atoms with Crippen LogP contribution in [-0.2, 0) is 15.2 Å². The van der Waals surface area contributed by atoms with Gasteiger partial charge in [0.1, 0.15) is 0 Å². The zero-order chi connectivity index (χ0) is 22.1. The summed E-state index contributed by atoms with van der Waals surface area (Å²) >= 11 is 18.0. The van der Waals surface area contributed by atoms with E-state index < -0.39 is 24.1 Å². The number of amides is 1. The Morgan fingerprint density at radius 2 is 1.93 bits per heavy atom. The zero-order valence-electron chi connectivity index (χ0n) is 15.6. The van der Waals surface area contributed by atoms with Gasteiger partial charge in [-0.05, 0) is 24.3 Å². The standard InChI is InChI=1S/C19H17Cl3F3N3O2/c1-2-17(29)27-26-15-5-10(3-4-14(15)22)16-9-18(30-28-16,19(23,24)25)11-6-12(20)8-13(21)7-11/h3-4,6-8,10,26H,2,5,9H2,1H3,(H,27,29). The lowest BCUT2D eigenvalue weighted by Crippen LogP contribution is -2.43. The summed E-state index contributed by atoms with van der Waals surface area (Å²) in [5, 5.41) is 4.22. The van der Waals surface area contributed by atoms with E-state index >= 15 is 0 Å². The second-order valence-corrected chi connectivity index (χ2v) is 8.14. The van der Waals surface area contributed by atoms with Crippen molar-refractivity contribution in [1.82, 2.24) is 10.9 Å². The van der Waals surface area contributed by atoms with E-state index in [1.807, 2.05) is 0 Å². The summed E-state index contributed by atoms with van der Waals surface area (Å²) in [5.41, 5.74) is 2.92. The fourth-order valence-electron chi connectivity index (χ4n) is 3.17. The highest BCUT2D eigenvalue weighted by molar-refractivity contribution is 6.34. The highest BCUT2D eigenvalue weighted by atomic mass is 35.5. The lowest BCUT2D eigenvalue weighted by atomic mass is 9.83. The molecule has 5 nitrogen and oxygen atoms in total. The molecule has 11 heteroatoms. The van der Waals surface area contributed by atoms with E-state index in [4.69, 9.17) is 39.6 Å². The molecule has 2 N–H and O–H groups in total. The molecule has 30 heavy (non-hydrogen) atoms. The first kappa shape index (κ1) is 22.8. The van der Waals surface area contributed by atoms with Crippen LogP contribution < -0.4 is 10.9 Å². The molecule has 0 saturated heterocycles. The van der Waals surface area contributed by atoms with Crippen molar-refractivity contribution in [1.29, 1.82) is 0 Å². The molecule has 0 radical (unpaired) electrons. The molecule has 0 fully saturated rings. The van der Waals surface area contributed by atoms with Gasteiger partial charge in [-0.25, -0.2) is 0 Å². The van der Waals surface area contributed by atoms with Crippen molar-refractivity contribution < 1.29 is 22.8 Å². The number of hydrazine groups is 1. The van der Waals surface area contributed by atoms with Crippen LogP contribution >= 0.6 is 34.8 Å². The molecule has 0 spiro atoms. The van der Waals surface area contributed by atoms with Gasteiger partial charge in [-0.1, -0.05) is 53.0 Å². The average Bonchev–Trinajstić information content (AvgIpc) is 3.13. The molecular weight excluding hydrogens is 466 g/mol. The summed E-state index contributed by atoms with van der Waals surface area (Å²) < 4.78 is 42.3. The van der Waals surface area contributed by atoms with E-state index in [2.05, 4.69) is 16.0 Å². The second kappa shape index (κ2) is 8.69. The number of nitrogens with one attached hydrogen (secondary N) is 2.